The molecule has 0 saturated carbocycles. The molecule has 2 rings (SSSR count). The van der Waals surface area contributed by atoms with Gasteiger partial charge in [0.1, 0.15) is 0 Å². The first kappa shape index (κ1) is 19.7. The maximum atomic E-state index is 12.1. The lowest BCUT2D eigenvalue weighted by molar-refractivity contribution is -0.140. The van der Waals surface area contributed by atoms with Crippen molar-refractivity contribution in [1.29, 1.82) is 5.26 Å². The van der Waals surface area contributed by atoms with Crippen molar-refractivity contribution in [3.8, 4) is 6.07 Å². The van der Waals surface area contributed by atoms with Crippen LogP contribution in [0.1, 0.15) is 49.9 Å². The molecule has 0 radical (unpaired) electrons. The highest BCUT2D eigenvalue weighted by atomic mass is 16.5. The number of hydrogen-bond acceptors (Lipinski definition) is 5. The van der Waals surface area contributed by atoms with Gasteiger partial charge < -0.3 is 4.74 Å². The number of aryl methyl sites for hydroxylation is 1. The summed E-state index contributed by atoms with van der Waals surface area (Å²) < 4.78 is 5.29. The fraction of sp³-hybridized carbons (Fsp3) is 0.450. The number of carbonyl (C=O) groups excluding carboxylic acids is 2. The zero-order valence-electron chi connectivity index (χ0n) is 16.0. The van der Waals surface area contributed by atoms with Gasteiger partial charge in [-0.05, 0) is 41.5 Å². The molecule has 138 valence electrons. The number of ether oxygens (including phenoxy) is 1. The van der Waals surface area contributed by atoms with Gasteiger partial charge in [0.25, 0.3) is 5.91 Å². The quantitative estimate of drug-likeness (QED) is 0.821. The van der Waals surface area contributed by atoms with Crippen LogP contribution in [-0.2, 0) is 39.1 Å². The zero-order chi connectivity index (χ0) is 19.5. The third-order valence-corrected chi connectivity index (χ3v) is 4.73. The Labute approximate surface area is 154 Å². The first-order chi connectivity index (χ1) is 12.3. The van der Waals surface area contributed by atoms with E-state index in [1.165, 1.54) is 29.1 Å². The number of amides is 1. The minimum atomic E-state index is -1.43. The molecular formula is C20H25N3O3. The molecule has 1 aromatic rings. The van der Waals surface area contributed by atoms with E-state index in [-0.39, 0.29) is 11.7 Å². The number of benzene rings is 1. The van der Waals surface area contributed by atoms with Crippen LogP contribution in [0, 0.1) is 11.3 Å². The third kappa shape index (κ3) is 3.23. The molecule has 0 spiro atoms. The highest BCUT2D eigenvalue weighted by Crippen LogP contribution is 2.37. The molecule has 6 nitrogen and oxygen atoms in total. The number of hydrogen-bond donors (Lipinski definition) is 1. The topological polar surface area (TPSA) is 82.4 Å². The van der Waals surface area contributed by atoms with Crippen LogP contribution in [-0.4, -0.2) is 23.9 Å². The number of likely N-dealkylation sites (N-methyl/N-ethyl adjacent to an activating group) is 1. The summed E-state index contributed by atoms with van der Waals surface area (Å²) in [5.74, 6) is -0.948. The molecule has 0 aromatic heterocycles. The Kier molecular flexibility index (Phi) is 5.83. The average molecular weight is 355 g/mol. The molecular weight excluding hydrogens is 330 g/mol. The number of nitriles is 1. The summed E-state index contributed by atoms with van der Waals surface area (Å²) >= 11 is 0. The van der Waals surface area contributed by atoms with Crippen LogP contribution in [0.5, 0.6) is 0 Å². The second kappa shape index (κ2) is 7.71. The maximum Gasteiger partial charge on any atom is 0.307 e. The average Bonchev–Trinajstić information content (AvgIpc) is 2.62. The lowest BCUT2D eigenvalue weighted by atomic mass is 9.80. The number of nitrogens with one attached hydrogen (secondary N) is 1. The van der Waals surface area contributed by atoms with Crippen LogP contribution in [0.15, 0.2) is 24.0 Å². The molecule has 1 aliphatic rings. The Bertz CT molecular complexity index is 807. The van der Waals surface area contributed by atoms with E-state index in [4.69, 9.17) is 4.74 Å². The summed E-state index contributed by atoms with van der Waals surface area (Å²) in [6, 6.07) is 6.16. The predicted molar refractivity (Wildman–Crippen MR) is 97.6 cm³/mol. The van der Waals surface area contributed by atoms with E-state index in [9.17, 15) is 14.9 Å². The van der Waals surface area contributed by atoms with E-state index in [1.54, 1.807) is 7.05 Å². The molecule has 6 heteroatoms. The minimum absolute atomic E-state index is 0.0107. The number of nitrogens with zero attached hydrogens (tertiary/aromatic N) is 2. The fourth-order valence-electron chi connectivity index (χ4n) is 3.54. The molecule has 0 saturated heterocycles. The number of hydrazine groups is 1. The van der Waals surface area contributed by atoms with Crippen molar-refractivity contribution in [2.75, 3.05) is 7.05 Å². The van der Waals surface area contributed by atoms with E-state index in [0.29, 0.717) is 5.56 Å². The standard InChI is InChI=1S/C20H25N3O3/c1-6-14-9-10-17(16(8-3)15(14)7-2)20(12-21)18(26-13(4)24)11-19(25)23(5)22-20/h9-11,22H,6-8H2,1-5H3. The molecule has 1 N–H and O–H groups in total. The van der Waals surface area contributed by atoms with E-state index >= 15 is 0 Å². The van der Waals surface area contributed by atoms with Gasteiger partial charge in [0, 0.05) is 20.0 Å². The number of esters is 1. The Hall–Kier alpha value is -2.65. The highest BCUT2D eigenvalue weighted by molar-refractivity contribution is 5.90. The second-order valence-corrected chi connectivity index (χ2v) is 6.26. The monoisotopic (exact) mass is 355 g/mol. The summed E-state index contributed by atoms with van der Waals surface area (Å²) in [7, 11) is 1.54. The third-order valence-electron chi connectivity index (χ3n) is 4.73. The van der Waals surface area contributed by atoms with Crippen LogP contribution in [0.2, 0.25) is 0 Å². The Balaban J connectivity index is 2.80. The number of carbonyl (C=O) groups is 2. The van der Waals surface area contributed by atoms with Crippen molar-refractivity contribution >= 4 is 11.9 Å². The van der Waals surface area contributed by atoms with Crippen LogP contribution >= 0.6 is 0 Å². The molecule has 0 aliphatic carbocycles. The Morgan fingerprint density at radius 1 is 1.23 bits per heavy atom. The van der Waals surface area contributed by atoms with Crippen molar-refractivity contribution < 1.29 is 14.3 Å². The summed E-state index contributed by atoms with van der Waals surface area (Å²) in [4.78, 5) is 23.7. The van der Waals surface area contributed by atoms with E-state index in [0.717, 1.165) is 24.8 Å². The summed E-state index contributed by atoms with van der Waals surface area (Å²) in [5.41, 5.74) is 5.70. The van der Waals surface area contributed by atoms with Gasteiger partial charge in [0.05, 0.1) is 6.07 Å². The SMILES string of the molecule is CCc1ccc(C2(C#N)NN(C)C(=O)C=C2OC(C)=O)c(CC)c1CC. The van der Waals surface area contributed by atoms with Crippen molar-refractivity contribution in [2.45, 2.75) is 52.5 Å². The van der Waals surface area contributed by atoms with Crippen LogP contribution < -0.4 is 5.43 Å². The number of rotatable bonds is 5. The molecule has 1 aromatic carbocycles. The summed E-state index contributed by atoms with van der Waals surface area (Å²) in [6.45, 7) is 7.48. The van der Waals surface area contributed by atoms with E-state index in [2.05, 4.69) is 25.3 Å². The lowest BCUT2D eigenvalue weighted by Gasteiger charge is -2.38. The Morgan fingerprint density at radius 3 is 2.38 bits per heavy atom. The van der Waals surface area contributed by atoms with Crippen LogP contribution in [0.25, 0.3) is 0 Å². The molecule has 1 atom stereocenters. The minimum Gasteiger partial charge on any atom is -0.427 e. The summed E-state index contributed by atoms with van der Waals surface area (Å²) in [6.07, 6.45) is 3.67. The van der Waals surface area contributed by atoms with Gasteiger partial charge in [0.15, 0.2) is 5.76 Å². The largest absolute Gasteiger partial charge is 0.427 e. The van der Waals surface area contributed by atoms with Gasteiger partial charge in [-0.1, -0.05) is 32.9 Å². The molecule has 0 bridgehead atoms. The van der Waals surface area contributed by atoms with E-state index < -0.39 is 11.5 Å². The molecule has 1 aliphatic heterocycles. The van der Waals surface area contributed by atoms with Crippen molar-refractivity contribution in [1.82, 2.24) is 10.4 Å². The first-order valence-corrected chi connectivity index (χ1v) is 8.85. The van der Waals surface area contributed by atoms with Crippen molar-refractivity contribution in [3.05, 3.63) is 46.2 Å². The first-order valence-electron chi connectivity index (χ1n) is 8.85. The highest BCUT2D eigenvalue weighted by Gasteiger charge is 2.46. The van der Waals surface area contributed by atoms with Gasteiger partial charge in [-0.3, -0.25) is 14.6 Å². The van der Waals surface area contributed by atoms with Gasteiger partial charge >= 0.3 is 5.97 Å². The molecule has 1 heterocycles. The Morgan fingerprint density at radius 2 is 1.88 bits per heavy atom. The van der Waals surface area contributed by atoms with Crippen LogP contribution in [0.4, 0.5) is 0 Å². The molecule has 26 heavy (non-hydrogen) atoms. The molecule has 1 unspecified atom stereocenters. The maximum absolute atomic E-state index is 12.1. The lowest BCUT2D eigenvalue weighted by Crippen LogP contribution is -2.57. The van der Waals surface area contributed by atoms with E-state index in [1.807, 2.05) is 19.1 Å². The second-order valence-electron chi connectivity index (χ2n) is 6.26. The molecule has 1 amide bonds. The van der Waals surface area contributed by atoms with Crippen LogP contribution in [0.3, 0.4) is 0 Å². The fourth-order valence-corrected chi connectivity index (χ4v) is 3.54. The molecule has 0 fully saturated rings. The smallest absolute Gasteiger partial charge is 0.307 e. The van der Waals surface area contributed by atoms with Gasteiger partial charge in [-0.2, -0.15) is 5.26 Å². The predicted octanol–water partition coefficient (Wildman–Crippen LogP) is 2.52. The van der Waals surface area contributed by atoms with Crippen molar-refractivity contribution in [3.63, 3.8) is 0 Å². The van der Waals surface area contributed by atoms with Gasteiger partial charge in [0.2, 0.25) is 5.54 Å². The summed E-state index contributed by atoms with van der Waals surface area (Å²) in [5, 5.41) is 11.4. The van der Waals surface area contributed by atoms with Gasteiger partial charge in [-0.25, -0.2) is 5.43 Å². The zero-order valence-corrected chi connectivity index (χ0v) is 16.0. The normalized spacial score (nSPS) is 19.8. The van der Waals surface area contributed by atoms with Gasteiger partial charge in [-0.15, -0.1) is 0 Å². The van der Waals surface area contributed by atoms with Crippen molar-refractivity contribution in [2.24, 2.45) is 0 Å².